The lowest BCUT2D eigenvalue weighted by molar-refractivity contribution is -0.118. The van der Waals surface area contributed by atoms with Crippen LogP contribution in [0.3, 0.4) is 0 Å². The van der Waals surface area contributed by atoms with Gasteiger partial charge in [0.15, 0.2) is 0 Å². The minimum atomic E-state index is 0.0308. The Morgan fingerprint density at radius 1 is 1.17 bits per heavy atom. The molecule has 0 unspecified atom stereocenters. The van der Waals surface area contributed by atoms with E-state index in [-0.39, 0.29) is 5.91 Å². The van der Waals surface area contributed by atoms with Gasteiger partial charge in [-0.05, 0) is 49.7 Å². The van der Waals surface area contributed by atoms with Crippen LogP contribution in [-0.2, 0) is 16.1 Å². The summed E-state index contributed by atoms with van der Waals surface area (Å²) < 4.78 is 11.4. The van der Waals surface area contributed by atoms with E-state index in [9.17, 15) is 4.79 Å². The maximum Gasteiger partial charge on any atom is 0.230 e. The van der Waals surface area contributed by atoms with Crippen molar-refractivity contribution in [1.82, 2.24) is 10.2 Å². The summed E-state index contributed by atoms with van der Waals surface area (Å²) in [4.78, 5) is 15.6. The van der Waals surface area contributed by atoms with Gasteiger partial charge in [0.2, 0.25) is 5.91 Å². The lowest BCUT2D eigenvalue weighted by Gasteiger charge is -2.31. The summed E-state index contributed by atoms with van der Waals surface area (Å²) in [7, 11) is 2.15. The van der Waals surface area contributed by atoms with Crippen molar-refractivity contribution in [2.24, 2.45) is 0 Å². The van der Waals surface area contributed by atoms with Crippen LogP contribution in [0.4, 0.5) is 0 Å². The lowest BCUT2D eigenvalue weighted by Crippen LogP contribution is -2.38. The maximum absolute atomic E-state index is 12.1. The van der Waals surface area contributed by atoms with Crippen molar-refractivity contribution in [3.63, 3.8) is 0 Å². The van der Waals surface area contributed by atoms with E-state index in [1.165, 1.54) is 0 Å². The van der Waals surface area contributed by atoms with E-state index in [4.69, 9.17) is 9.47 Å². The van der Waals surface area contributed by atoms with Gasteiger partial charge >= 0.3 is 0 Å². The molecule has 0 spiro atoms. The van der Waals surface area contributed by atoms with Gasteiger partial charge in [0.05, 0.1) is 5.75 Å². The van der Waals surface area contributed by atoms with Gasteiger partial charge in [0.1, 0.15) is 12.4 Å². The van der Waals surface area contributed by atoms with Crippen molar-refractivity contribution in [3.05, 3.63) is 60.2 Å². The normalized spacial score (nSPS) is 14.7. The van der Waals surface area contributed by atoms with Crippen molar-refractivity contribution >= 4 is 17.7 Å². The Labute approximate surface area is 177 Å². The van der Waals surface area contributed by atoms with Crippen molar-refractivity contribution in [2.75, 3.05) is 39.2 Å². The molecular weight excluding hydrogens is 384 g/mol. The minimum Gasteiger partial charge on any atom is -0.492 e. The monoisotopic (exact) mass is 414 g/mol. The van der Waals surface area contributed by atoms with Gasteiger partial charge in [-0.15, -0.1) is 11.8 Å². The first-order valence-corrected chi connectivity index (χ1v) is 11.1. The molecule has 0 bridgehead atoms. The van der Waals surface area contributed by atoms with E-state index < -0.39 is 0 Å². The first-order valence-electron chi connectivity index (χ1n) is 10.1. The Morgan fingerprint density at radius 3 is 2.76 bits per heavy atom. The standard InChI is InChI=1S/C23H30N2O3S/c1-25(20-10-13-27-14-11-20)12-15-28-21-7-5-6-19(16-21)17-24-23(26)18-29-22-8-3-2-4-9-22/h2-9,16,20H,10-15,17-18H2,1H3,(H,24,26). The number of rotatable bonds is 10. The van der Waals surface area contributed by atoms with Crippen LogP contribution in [0.5, 0.6) is 5.75 Å². The molecule has 6 heteroatoms. The number of ether oxygens (including phenoxy) is 2. The number of nitrogens with one attached hydrogen (secondary N) is 1. The number of nitrogens with zero attached hydrogens (tertiary/aromatic N) is 1. The van der Waals surface area contributed by atoms with Crippen LogP contribution in [0.15, 0.2) is 59.5 Å². The molecule has 0 atom stereocenters. The molecule has 1 amide bonds. The van der Waals surface area contributed by atoms with Crippen LogP contribution in [0.1, 0.15) is 18.4 Å². The van der Waals surface area contributed by atoms with Crippen molar-refractivity contribution in [1.29, 1.82) is 0 Å². The van der Waals surface area contributed by atoms with Gasteiger partial charge in [-0.2, -0.15) is 0 Å². The minimum absolute atomic E-state index is 0.0308. The second-order valence-corrected chi connectivity index (χ2v) is 8.25. The van der Waals surface area contributed by atoms with Crippen molar-refractivity contribution in [3.8, 4) is 5.75 Å². The molecule has 1 aliphatic rings. The second-order valence-electron chi connectivity index (χ2n) is 7.20. The Hall–Kier alpha value is -2.02. The molecule has 0 saturated carbocycles. The average molecular weight is 415 g/mol. The van der Waals surface area contributed by atoms with Crippen molar-refractivity contribution in [2.45, 2.75) is 30.3 Å². The number of likely N-dealkylation sites (N-methyl/N-ethyl adjacent to an activating group) is 1. The number of carbonyl (C=O) groups is 1. The summed E-state index contributed by atoms with van der Waals surface area (Å²) in [5.74, 6) is 1.29. The topological polar surface area (TPSA) is 50.8 Å². The molecule has 29 heavy (non-hydrogen) atoms. The molecule has 5 nitrogen and oxygen atoms in total. The summed E-state index contributed by atoms with van der Waals surface area (Å²) in [6.45, 7) is 3.76. The predicted molar refractivity (Wildman–Crippen MR) is 117 cm³/mol. The van der Waals surface area contributed by atoms with E-state index in [0.29, 0.717) is 24.9 Å². The highest BCUT2D eigenvalue weighted by atomic mass is 32.2. The zero-order valence-corrected chi connectivity index (χ0v) is 17.8. The van der Waals surface area contributed by atoms with E-state index in [0.717, 1.165) is 48.8 Å². The van der Waals surface area contributed by atoms with Gasteiger partial charge in [-0.25, -0.2) is 0 Å². The van der Waals surface area contributed by atoms with E-state index in [1.54, 1.807) is 11.8 Å². The largest absolute Gasteiger partial charge is 0.492 e. The van der Waals surface area contributed by atoms with Crippen LogP contribution in [0.2, 0.25) is 0 Å². The van der Waals surface area contributed by atoms with Crippen LogP contribution >= 0.6 is 11.8 Å². The third-order valence-electron chi connectivity index (χ3n) is 5.03. The summed E-state index contributed by atoms with van der Waals surface area (Å²) in [5, 5.41) is 2.98. The zero-order chi connectivity index (χ0) is 20.3. The maximum atomic E-state index is 12.1. The molecule has 1 fully saturated rings. The molecule has 0 aliphatic carbocycles. The lowest BCUT2D eigenvalue weighted by atomic mass is 10.1. The highest BCUT2D eigenvalue weighted by Gasteiger charge is 2.17. The molecule has 1 aliphatic heterocycles. The van der Waals surface area contributed by atoms with Crippen LogP contribution in [0, 0.1) is 0 Å². The number of amides is 1. The van der Waals surface area contributed by atoms with E-state index in [1.807, 2.05) is 54.6 Å². The fourth-order valence-corrected chi connectivity index (χ4v) is 4.03. The number of hydrogen-bond donors (Lipinski definition) is 1. The Morgan fingerprint density at radius 2 is 1.97 bits per heavy atom. The quantitative estimate of drug-likeness (QED) is 0.602. The highest BCUT2D eigenvalue weighted by molar-refractivity contribution is 8.00. The second kappa shape index (κ2) is 11.9. The molecule has 1 heterocycles. The number of benzene rings is 2. The van der Waals surface area contributed by atoms with Gasteiger partial charge in [-0.3, -0.25) is 9.69 Å². The van der Waals surface area contributed by atoms with Crippen LogP contribution in [0.25, 0.3) is 0 Å². The van der Waals surface area contributed by atoms with E-state index in [2.05, 4.69) is 17.3 Å². The predicted octanol–water partition coefficient (Wildman–Crippen LogP) is 3.58. The van der Waals surface area contributed by atoms with Gasteiger partial charge in [0.25, 0.3) is 0 Å². The zero-order valence-electron chi connectivity index (χ0n) is 17.0. The van der Waals surface area contributed by atoms with Crippen LogP contribution < -0.4 is 10.1 Å². The molecular formula is C23H30N2O3S. The molecule has 2 aromatic carbocycles. The summed E-state index contributed by atoms with van der Waals surface area (Å²) in [5.41, 5.74) is 1.04. The molecule has 3 rings (SSSR count). The Balaban J connectivity index is 1.36. The highest BCUT2D eigenvalue weighted by Crippen LogP contribution is 2.17. The molecule has 2 aromatic rings. The number of hydrogen-bond acceptors (Lipinski definition) is 5. The molecule has 0 aromatic heterocycles. The summed E-state index contributed by atoms with van der Waals surface area (Å²) in [6.07, 6.45) is 2.18. The fourth-order valence-electron chi connectivity index (χ4n) is 3.28. The van der Waals surface area contributed by atoms with Gasteiger partial charge in [-0.1, -0.05) is 30.3 Å². The smallest absolute Gasteiger partial charge is 0.230 e. The third kappa shape index (κ3) is 7.72. The number of thioether (sulfide) groups is 1. The van der Waals surface area contributed by atoms with E-state index >= 15 is 0 Å². The fraction of sp³-hybridized carbons (Fsp3) is 0.435. The Bertz CT molecular complexity index is 751. The van der Waals surface area contributed by atoms with Gasteiger partial charge in [0, 0.05) is 37.2 Å². The molecule has 0 radical (unpaired) electrons. The van der Waals surface area contributed by atoms with Gasteiger partial charge < -0.3 is 14.8 Å². The number of carbonyl (C=O) groups excluding carboxylic acids is 1. The third-order valence-corrected chi connectivity index (χ3v) is 6.04. The van der Waals surface area contributed by atoms with Crippen molar-refractivity contribution < 1.29 is 14.3 Å². The molecule has 1 N–H and O–H groups in total. The average Bonchev–Trinajstić information content (AvgIpc) is 2.78. The van der Waals surface area contributed by atoms with Crippen LogP contribution in [-0.4, -0.2) is 56.0 Å². The summed E-state index contributed by atoms with van der Waals surface area (Å²) >= 11 is 1.54. The molecule has 1 saturated heterocycles. The summed E-state index contributed by atoms with van der Waals surface area (Å²) in [6, 6.07) is 18.5. The molecule has 156 valence electrons. The first kappa shape index (κ1) is 21.7. The SMILES string of the molecule is CN(CCOc1cccc(CNC(=O)CSc2ccccc2)c1)C1CCOCC1. The Kier molecular flexibility index (Phi) is 8.86. The first-order chi connectivity index (χ1) is 14.2.